The summed E-state index contributed by atoms with van der Waals surface area (Å²) in [5.41, 5.74) is 6.76. The number of nitrogens with one attached hydrogen (secondary N) is 1. The van der Waals surface area contributed by atoms with E-state index in [9.17, 15) is 0 Å². The predicted octanol–water partition coefficient (Wildman–Crippen LogP) is 1.94. The molecule has 1 aromatic heterocycles. The van der Waals surface area contributed by atoms with Crippen LogP contribution in [0.25, 0.3) is 0 Å². The Morgan fingerprint density at radius 2 is 1.94 bits per heavy atom. The first-order chi connectivity index (χ1) is 7.95. The van der Waals surface area contributed by atoms with E-state index in [2.05, 4.69) is 15.3 Å². The average Bonchev–Trinajstić information content (AvgIpc) is 2.30. The van der Waals surface area contributed by atoms with Crippen LogP contribution in [0.2, 0.25) is 0 Å². The Bertz CT molecular complexity index is 379. The lowest BCUT2D eigenvalue weighted by atomic mass is 10.2. The van der Waals surface area contributed by atoms with Gasteiger partial charge in [-0.2, -0.15) is 0 Å². The second-order valence-electron chi connectivity index (χ2n) is 4.52. The zero-order valence-corrected chi connectivity index (χ0v) is 11.2. The van der Waals surface area contributed by atoms with E-state index in [0.29, 0.717) is 12.4 Å². The molecule has 0 saturated carbocycles. The summed E-state index contributed by atoms with van der Waals surface area (Å²) < 4.78 is 5.18. The van der Waals surface area contributed by atoms with Crippen molar-refractivity contribution in [2.24, 2.45) is 0 Å². The number of nitrogens with zero attached hydrogens (tertiary/aromatic N) is 2. The van der Waals surface area contributed by atoms with Crippen LogP contribution in [-0.2, 0) is 4.74 Å². The van der Waals surface area contributed by atoms with Gasteiger partial charge in [-0.1, -0.05) is 13.8 Å². The van der Waals surface area contributed by atoms with Crippen molar-refractivity contribution in [2.45, 2.75) is 39.7 Å². The SMILES string of the molecule is COC(C)CNc1nc(C(C)C)nc(N)c1C. The topological polar surface area (TPSA) is 73.1 Å². The molecule has 96 valence electrons. The van der Waals surface area contributed by atoms with E-state index in [1.54, 1.807) is 7.11 Å². The smallest absolute Gasteiger partial charge is 0.135 e. The molecule has 0 spiro atoms. The van der Waals surface area contributed by atoms with Crippen molar-refractivity contribution >= 4 is 11.6 Å². The minimum absolute atomic E-state index is 0.132. The lowest BCUT2D eigenvalue weighted by Gasteiger charge is -2.15. The Balaban J connectivity index is 2.90. The number of methoxy groups -OCH3 is 1. The first-order valence-corrected chi connectivity index (χ1v) is 5.86. The number of rotatable bonds is 5. The predicted molar refractivity (Wildman–Crippen MR) is 70.2 cm³/mol. The van der Waals surface area contributed by atoms with E-state index in [0.717, 1.165) is 17.2 Å². The molecule has 0 aliphatic carbocycles. The standard InChI is InChI=1S/C12H22N4O/c1-7(2)11-15-10(13)9(4)12(16-11)14-6-8(3)17-5/h7-8H,6H2,1-5H3,(H3,13,14,15,16). The van der Waals surface area contributed by atoms with Gasteiger partial charge in [0, 0.05) is 25.1 Å². The highest BCUT2D eigenvalue weighted by atomic mass is 16.5. The van der Waals surface area contributed by atoms with Crippen LogP contribution in [-0.4, -0.2) is 29.7 Å². The minimum Gasteiger partial charge on any atom is -0.383 e. The molecule has 5 nitrogen and oxygen atoms in total. The van der Waals surface area contributed by atoms with Crippen molar-refractivity contribution < 1.29 is 4.74 Å². The number of ether oxygens (including phenoxy) is 1. The molecule has 0 aliphatic heterocycles. The molecule has 1 heterocycles. The average molecular weight is 238 g/mol. The molecule has 0 saturated heterocycles. The molecule has 0 aromatic carbocycles. The maximum absolute atomic E-state index is 5.88. The fourth-order valence-electron chi connectivity index (χ4n) is 1.31. The Labute approximate surface area is 103 Å². The second kappa shape index (κ2) is 5.82. The highest BCUT2D eigenvalue weighted by Crippen LogP contribution is 2.20. The Kier molecular flexibility index (Phi) is 4.69. The highest BCUT2D eigenvalue weighted by molar-refractivity contribution is 5.55. The van der Waals surface area contributed by atoms with Gasteiger partial charge in [-0.05, 0) is 13.8 Å². The van der Waals surface area contributed by atoms with Crippen LogP contribution in [0.1, 0.15) is 38.1 Å². The summed E-state index contributed by atoms with van der Waals surface area (Å²) in [6, 6.07) is 0. The van der Waals surface area contributed by atoms with Crippen molar-refractivity contribution in [1.82, 2.24) is 9.97 Å². The van der Waals surface area contributed by atoms with Gasteiger partial charge in [0.2, 0.25) is 0 Å². The number of hydrogen-bond acceptors (Lipinski definition) is 5. The van der Waals surface area contributed by atoms with Crippen LogP contribution in [0.15, 0.2) is 0 Å². The van der Waals surface area contributed by atoms with Gasteiger partial charge in [0.25, 0.3) is 0 Å². The molecule has 0 fully saturated rings. The molecule has 0 aliphatic rings. The number of anilines is 2. The van der Waals surface area contributed by atoms with Crippen LogP contribution in [0.3, 0.4) is 0 Å². The van der Waals surface area contributed by atoms with Crippen LogP contribution in [0, 0.1) is 6.92 Å². The van der Waals surface area contributed by atoms with Gasteiger partial charge >= 0.3 is 0 Å². The normalized spacial score (nSPS) is 12.8. The summed E-state index contributed by atoms with van der Waals surface area (Å²) in [5, 5.41) is 3.24. The molecule has 1 aromatic rings. The minimum atomic E-state index is 0.132. The Morgan fingerprint density at radius 1 is 1.29 bits per heavy atom. The summed E-state index contributed by atoms with van der Waals surface area (Å²) in [4.78, 5) is 8.76. The van der Waals surface area contributed by atoms with Crippen molar-refractivity contribution in [3.63, 3.8) is 0 Å². The quantitative estimate of drug-likeness (QED) is 0.820. The van der Waals surface area contributed by atoms with Crippen LogP contribution >= 0.6 is 0 Å². The second-order valence-corrected chi connectivity index (χ2v) is 4.52. The van der Waals surface area contributed by atoms with Gasteiger partial charge in [-0.15, -0.1) is 0 Å². The summed E-state index contributed by atoms with van der Waals surface area (Å²) in [6.45, 7) is 8.71. The van der Waals surface area contributed by atoms with Gasteiger partial charge in [-0.25, -0.2) is 9.97 Å². The first-order valence-electron chi connectivity index (χ1n) is 5.86. The van der Waals surface area contributed by atoms with Crippen molar-refractivity contribution in [3.05, 3.63) is 11.4 Å². The summed E-state index contributed by atoms with van der Waals surface area (Å²) in [5.74, 6) is 2.36. The maximum atomic E-state index is 5.88. The fraction of sp³-hybridized carbons (Fsp3) is 0.667. The summed E-state index contributed by atoms with van der Waals surface area (Å²) in [6.07, 6.45) is 0.132. The van der Waals surface area contributed by atoms with E-state index in [1.807, 2.05) is 27.7 Å². The van der Waals surface area contributed by atoms with Crippen LogP contribution in [0.5, 0.6) is 0 Å². The summed E-state index contributed by atoms with van der Waals surface area (Å²) in [7, 11) is 1.69. The van der Waals surface area contributed by atoms with Gasteiger partial charge in [0.05, 0.1) is 6.10 Å². The van der Waals surface area contributed by atoms with Gasteiger partial charge in [0.15, 0.2) is 0 Å². The molecule has 5 heteroatoms. The van der Waals surface area contributed by atoms with Crippen LogP contribution < -0.4 is 11.1 Å². The lowest BCUT2D eigenvalue weighted by Crippen LogP contribution is -2.20. The zero-order chi connectivity index (χ0) is 13.0. The van der Waals surface area contributed by atoms with E-state index < -0.39 is 0 Å². The van der Waals surface area contributed by atoms with Crippen molar-refractivity contribution in [2.75, 3.05) is 24.7 Å². The maximum Gasteiger partial charge on any atom is 0.135 e. The molecule has 3 N–H and O–H groups in total. The molecule has 0 bridgehead atoms. The molecule has 0 radical (unpaired) electrons. The molecule has 17 heavy (non-hydrogen) atoms. The van der Waals surface area contributed by atoms with Gasteiger partial charge in [0.1, 0.15) is 17.5 Å². The Morgan fingerprint density at radius 3 is 2.47 bits per heavy atom. The monoisotopic (exact) mass is 238 g/mol. The number of aromatic nitrogens is 2. The van der Waals surface area contributed by atoms with E-state index in [1.165, 1.54) is 0 Å². The van der Waals surface area contributed by atoms with E-state index in [4.69, 9.17) is 10.5 Å². The first kappa shape index (κ1) is 13.7. The molecule has 0 amide bonds. The van der Waals surface area contributed by atoms with Gasteiger partial charge in [-0.3, -0.25) is 0 Å². The van der Waals surface area contributed by atoms with Crippen LogP contribution in [0.4, 0.5) is 11.6 Å². The summed E-state index contributed by atoms with van der Waals surface area (Å²) >= 11 is 0. The molecular formula is C12H22N4O. The highest BCUT2D eigenvalue weighted by Gasteiger charge is 2.11. The zero-order valence-electron chi connectivity index (χ0n) is 11.2. The number of nitrogens with two attached hydrogens (primary N) is 1. The van der Waals surface area contributed by atoms with Crippen molar-refractivity contribution in [1.29, 1.82) is 0 Å². The fourth-order valence-corrected chi connectivity index (χ4v) is 1.31. The molecule has 1 rings (SSSR count). The third-order valence-electron chi connectivity index (χ3n) is 2.68. The molecular weight excluding hydrogens is 216 g/mol. The Hall–Kier alpha value is -1.36. The lowest BCUT2D eigenvalue weighted by molar-refractivity contribution is 0.128. The number of hydrogen-bond donors (Lipinski definition) is 2. The van der Waals surface area contributed by atoms with Crippen molar-refractivity contribution in [3.8, 4) is 0 Å². The van der Waals surface area contributed by atoms with E-state index in [-0.39, 0.29) is 12.0 Å². The third kappa shape index (κ3) is 3.56. The van der Waals surface area contributed by atoms with Gasteiger partial charge < -0.3 is 15.8 Å². The third-order valence-corrected chi connectivity index (χ3v) is 2.68. The molecule has 1 atom stereocenters. The number of nitrogen functional groups attached to an aromatic ring is 1. The largest absolute Gasteiger partial charge is 0.383 e. The molecule has 1 unspecified atom stereocenters. The van der Waals surface area contributed by atoms with E-state index >= 15 is 0 Å².